The molecule has 0 aromatic heterocycles. The number of alkyl halides is 3. The van der Waals surface area contributed by atoms with Crippen molar-refractivity contribution in [1.29, 1.82) is 0 Å². The van der Waals surface area contributed by atoms with Crippen molar-refractivity contribution in [2.24, 2.45) is 5.10 Å². The van der Waals surface area contributed by atoms with Crippen LogP contribution >= 0.6 is 0 Å². The molecule has 130 valence electrons. The predicted octanol–water partition coefficient (Wildman–Crippen LogP) is 3.92. The summed E-state index contributed by atoms with van der Waals surface area (Å²) in [6.07, 6.45) is -4.60. The molecule has 1 heterocycles. The van der Waals surface area contributed by atoms with Gasteiger partial charge in [-0.3, -0.25) is 0 Å². The average molecular weight is 351 g/mol. The van der Waals surface area contributed by atoms with Gasteiger partial charge in [0.2, 0.25) is 0 Å². The molecule has 4 nitrogen and oxygen atoms in total. The molecule has 25 heavy (non-hydrogen) atoms. The van der Waals surface area contributed by atoms with Crippen molar-refractivity contribution in [3.8, 4) is 11.1 Å². The highest BCUT2D eigenvalue weighted by Gasteiger charge is 2.35. The number of carbonyl (C=O) groups excluding carboxylic acids is 1. The number of hydrogen-bond donors (Lipinski definition) is 2. The van der Waals surface area contributed by atoms with Crippen LogP contribution in [-0.2, 0) is 6.18 Å². The second kappa shape index (κ2) is 6.19. The van der Waals surface area contributed by atoms with Crippen LogP contribution < -0.4 is 10.7 Å². The van der Waals surface area contributed by atoms with Crippen LogP contribution in [0.25, 0.3) is 11.1 Å². The summed E-state index contributed by atoms with van der Waals surface area (Å²) in [5.41, 5.74) is 2.05. The lowest BCUT2D eigenvalue weighted by atomic mass is 9.94. The zero-order chi connectivity index (χ0) is 18.2. The Balaban J connectivity index is 2.10. The standard InChI is InChI=1S/C17H13F4N3O/c1-9-15(23-24-16(25)22-9)11-4-7-13(14(8-11)17(19,20)21)10-2-5-12(18)6-3-10/h2-9H,1H3,(H2,22,24,25)/t9-/m0/s1. The molecule has 0 fully saturated rings. The van der Waals surface area contributed by atoms with Crippen LogP contribution in [-0.4, -0.2) is 17.8 Å². The highest BCUT2D eigenvalue weighted by molar-refractivity contribution is 6.07. The fraction of sp³-hybridized carbons (Fsp3) is 0.176. The molecule has 1 atom stereocenters. The van der Waals surface area contributed by atoms with E-state index in [-0.39, 0.29) is 22.4 Å². The minimum absolute atomic E-state index is 0.0580. The van der Waals surface area contributed by atoms with Gasteiger partial charge in [0, 0.05) is 5.56 Å². The van der Waals surface area contributed by atoms with E-state index in [1.54, 1.807) is 6.92 Å². The van der Waals surface area contributed by atoms with Crippen LogP contribution in [0.4, 0.5) is 22.4 Å². The monoisotopic (exact) mass is 351 g/mol. The van der Waals surface area contributed by atoms with Crippen LogP contribution in [0, 0.1) is 5.82 Å². The van der Waals surface area contributed by atoms with Gasteiger partial charge in [-0.05, 0) is 36.2 Å². The number of halogens is 4. The van der Waals surface area contributed by atoms with Gasteiger partial charge in [0.25, 0.3) is 0 Å². The van der Waals surface area contributed by atoms with Crippen molar-refractivity contribution in [3.63, 3.8) is 0 Å². The van der Waals surface area contributed by atoms with Crippen molar-refractivity contribution >= 4 is 11.7 Å². The number of hydrazone groups is 1. The molecule has 2 aromatic rings. The molecule has 2 amide bonds. The zero-order valence-electron chi connectivity index (χ0n) is 13.0. The first-order chi connectivity index (χ1) is 11.8. The largest absolute Gasteiger partial charge is 0.417 e. The van der Waals surface area contributed by atoms with E-state index in [1.165, 1.54) is 24.3 Å². The molecule has 0 spiro atoms. The topological polar surface area (TPSA) is 53.5 Å². The fourth-order valence-corrected chi connectivity index (χ4v) is 2.64. The number of amides is 2. The molecule has 8 heteroatoms. The Morgan fingerprint density at radius 3 is 2.28 bits per heavy atom. The normalized spacial score (nSPS) is 17.6. The Morgan fingerprint density at radius 1 is 1.04 bits per heavy atom. The highest BCUT2D eigenvalue weighted by Crippen LogP contribution is 2.38. The summed E-state index contributed by atoms with van der Waals surface area (Å²) in [6.45, 7) is 1.62. The number of urea groups is 1. The lowest BCUT2D eigenvalue weighted by Gasteiger charge is -2.22. The van der Waals surface area contributed by atoms with Gasteiger partial charge in [0.1, 0.15) is 5.82 Å². The molecular formula is C17H13F4N3O. The third-order valence-corrected chi connectivity index (χ3v) is 3.81. The number of hydrogen-bond acceptors (Lipinski definition) is 2. The smallest absolute Gasteiger partial charge is 0.328 e. The van der Waals surface area contributed by atoms with E-state index in [9.17, 15) is 22.4 Å². The van der Waals surface area contributed by atoms with Gasteiger partial charge in [0.15, 0.2) is 0 Å². The van der Waals surface area contributed by atoms with Crippen LogP contribution in [0.3, 0.4) is 0 Å². The van der Waals surface area contributed by atoms with E-state index in [1.807, 2.05) is 0 Å². The maximum Gasteiger partial charge on any atom is 0.417 e. The lowest BCUT2D eigenvalue weighted by Crippen LogP contribution is -2.48. The summed E-state index contributed by atoms with van der Waals surface area (Å²) >= 11 is 0. The van der Waals surface area contributed by atoms with Crippen LogP contribution in [0.2, 0.25) is 0 Å². The van der Waals surface area contributed by atoms with Gasteiger partial charge in [-0.2, -0.15) is 18.3 Å². The third-order valence-electron chi connectivity index (χ3n) is 3.81. The summed E-state index contributed by atoms with van der Waals surface area (Å²) in [7, 11) is 0. The summed E-state index contributed by atoms with van der Waals surface area (Å²) in [5, 5.41) is 6.37. The quantitative estimate of drug-likeness (QED) is 0.792. The van der Waals surface area contributed by atoms with Gasteiger partial charge < -0.3 is 5.32 Å². The van der Waals surface area contributed by atoms with E-state index in [2.05, 4.69) is 15.8 Å². The minimum Gasteiger partial charge on any atom is -0.328 e. The van der Waals surface area contributed by atoms with Gasteiger partial charge in [0.05, 0.1) is 17.3 Å². The van der Waals surface area contributed by atoms with Crippen molar-refractivity contribution in [2.75, 3.05) is 0 Å². The fourth-order valence-electron chi connectivity index (χ4n) is 2.64. The van der Waals surface area contributed by atoms with Crippen molar-refractivity contribution in [3.05, 3.63) is 59.4 Å². The number of rotatable bonds is 2. The molecule has 0 saturated heterocycles. The summed E-state index contributed by atoms with van der Waals surface area (Å²) < 4.78 is 53.6. The number of nitrogens with one attached hydrogen (secondary N) is 2. The number of carbonyl (C=O) groups is 1. The molecule has 3 rings (SSSR count). The van der Waals surface area contributed by atoms with Crippen LogP contribution in [0.15, 0.2) is 47.6 Å². The first-order valence-corrected chi connectivity index (χ1v) is 7.37. The lowest BCUT2D eigenvalue weighted by molar-refractivity contribution is -0.137. The second-order valence-electron chi connectivity index (χ2n) is 5.57. The molecule has 0 aliphatic carbocycles. The van der Waals surface area contributed by atoms with Gasteiger partial charge in [-0.25, -0.2) is 14.6 Å². The molecule has 1 aliphatic rings. The Kier molecular flexibility index (Phi) is 4.20. The van der Waals surface area contributed by atoms with Gasteiger partial charge >= 0.3 is 12.2 Å². The highest BCUT2D eigenvalue weighted by atomic mass is 19.4. The summed E-state index contributed by atoms with van der Waals surface area (Å²) in [6, 6.07) is 7.53. The predicted molar refractivity (Wildman–Crippen MR) is 84.5 cm³/mol. The van der Waals surface area contributed by atoms with Crippen molar-refractivity contribution in [2.45, 2.75) is 19.1 Å². The molecule has 1 aliphatic heterocycles. The minimum atomic E-state index is -4.60. The Bertz CT molecular complexity index is 844. The van der Waals surface area contributed by atoms with Crippen LogP contribution in [0.1, 0.15) is 18.1 Å². The molecule has 0 saturated carbocycles. The van der Waals surface area contributed by atoms with E-state index in [0.717, 1.165) is 18.2 Å². The molecule has 0 radical (unpaired) electrons. The summed E-state index contributed by atoms with van der Waals surface area (Å²) in [5.74, 6) is -0.527. The van der Waals surface area contributed by atoms with E-state index in [0.29, 0.717) is 0 Å². The zero-order valence-corrected chi connectivity index (χ0v) is 13.0. The first kappa shape index (κ1) is 16.9. The average Bonchev–Trinajstić information content (AvgIpc) is 2.54. The van der Waals surface area contributed by atoms with Crippen molar-refractivity contribution in [1.82, 2.24) is 10.7 Å². The molecular weight excluding hydrogens is 338 g/mol. The first-order valence-electron chi connectivity index (χ1n) is 7.37. The Morgan fingerprint density at radius 2 is 1.68 bits per heavy atom. The molecule has 2 aromatic carbocycles. The number of benzene rings is 2. The van der Waals surface area contributed by atoms with E-state index >= 15 is 0 Å². The molecule has 2 N–H and O–H groups in total. The van der Waals surface area contributed by atoms with Gasteiger partial charge in [-0.1, -0.05) is 24.3 Å². The van der Waals surface area contributed by atoms with E-state index < -0.39 is 29.6 Å². The van der Waals surface area contributed by atoms with E-state index in [4.69, 9.17) is 0 Å². The third kappa shape index (κ3) is 3.47. The maximum atomic E-state index is 13.5. The molecule has 0 unspecified atom stereocenters. The molecule has 0 bridgehead atoms. The van der Waals surface area contributed by atoms with Crippen LogP contribution in [0.5, 0.6) is 0 Å². The summed E-state index contributed by atoms with van der Waals surface area (Å²) in [4.78, 5) is 11.2. The van der Waals surface area contributed by atoms with Crippen molar-refractivity contribution < 1.29 is 22.4 Å². The SMILES string of the molecule is C[C@@H]1NC(=O)NN=C1c1ccc(-c2ccc(F)cc2)c(C(F)(F)F)c1. The Hall–Kier alpha value is -2.90. The second-order valence-corrected chi connectivity index (χ2v) is 5.57. The number of nitrogens with zero attached hydrogens (tertiary/aromatic N) is 1. The Labute approximate surface area is 140 Å². The maximum absolute atomic E-state index is 13.5. The van der Waals surface area contributed by atoms with Gasteiger partial charge in [-0.15, -0.1) is 0 Å².